The summed E-state index contributed by atoms with van der Waals surface area (Å²) in [5.41, 5.74) is 8.64. The Morgan fingerprint density at radius 2 is 1.97 bits per heavy atom. The molecule has 2 aliphatic rings. The number of amides is 2. The molecule has 11 nitrogen and oxygen atoms in total. The lowest BCUT2D eigenvalue weighted by molar-refractivity contribution is -0.650. The fourth-order valence-electron chi connectivity index (χ4n) is 4.67. The first-order valence-electron chi connectivity index (χ1n) is 12.0. The van der Waals surface area contributed by atoms with Gasteiger partial charge >= 0.3 is 6.39 Å². The van der Waals surface area contributed by atoms with Gasteiger partial charge in [0, 0.05) is 24.2 Å². The molecule has 2 aromatic heterocycles. The summed E-state index contributed by atoms with van der Waals surface area (Å²) in [4.78, 5) is 43.2. The minimum absolute atomic E-state index is 0.116. The molecule has 11 heteroatoms. The minimum Gasteiger partial charge on any atom is -0.404 e. The van der Waals surface area contributed by atoms with Crippen LogP contribution in [0.25, 0.3) is 11.1 Å². The summed E-state index contributed by atoms with van der Waals surface area (Å²) in [5.74, 6) is 0.154. The first-order valence-corrected chi connectivity index (χ1v) is 12.0. The zero-order valence-electron chi connectivity index (χ0n) is 20.5. The van der Waals surface area contributed by atoms with Crippen LogP contribution in [0.1, 0.15) is 55.7 Å². The maximum atomic E-state index is 13.0. The van der Waals surface area contributed by atoms with Gasteiger partial charge in [0.25, 0.3) is 17.3 Å². The van der Waals surface area contributed by atoms with Crippen LogP contribution >= 0.6 is 0 Å². The molecule has 38 heavy (non-hydrogen) atoms. The second-order valence-corrected chi connectivity index (χ2v) is 9.14. The zero-order valence-corrected chi connectivity index (χ0v) is 20.5. The van der Waals surface area contributed by atoms with E-state index in [4.69, 9.17) is 9.25 Å². The summed E-state index contributed by atoms with van der Waals surface area (Å²) in [6, 6.07) is 12.9. The number of fused-ring (bicyclic) bond motifs is 2. The van der Waals surface area contributed by atoms with Crippen molar-refractivity contribution in [2.75, 3.05) is 0 Å². The molecule has 1 atom stereocenters. The van der Waals surface area contributed by atoms with Crippen LogP contribution in [-0.4, -0.2) is 27.6 Å². The summed E-state index contributed by atoms with van der Waals surface area (Å²) in [6.45, 7) is 3.97. The van der Waals surface area contributed by atoms with E-state index in [2.05, 4.69) is 37.7 Å². The molecule has 4 aromatic rings. The van der Waals surface area contributed by atoms with E-state index < -0.39 is 5.91 Å². The van der Waals surface area contributed by atoms with Gasteiger partial charge in [-0.2, -0.15) is 9.56 Å². The molecule has 1 aliphatic heterocycles. The van der Waals surface area contributed by atoms with Gasteiger partial charge < -0.3 is 19.9 Å². The Bertz CT molecular complexity index is 1640. The van der Waals surface area contributed by atoms with Crippen molar-refractivity contribution in [1.29, 1.82) is 0 Å². The first-order chi connectivity index (χ1) is 18.4. The van der Waals surface area contributed by atoms with E-state index in [9.17, 15) is 9.59 Å². The summed E-state index contributed by atoms with van der Waals surface area (Å²) in [6.07, 6.45) is 4.41. The Hall–Kier alpha value is -5.06. The summed E-state index contributed by atoms with van der Waals surface area (Å²) in [5, 5.41) is 5.88. The lowest BCUT2D eigenvalue weighted by Gasteiger charge is -2.14. The SMILES string of the molecule is C=C1N=C(c2ccc3c(c2)CC[C@@H]3NC(=O)c2cc(C(=O)NCc3ccc4oc[n+](C)c4c3)ncn2)NO1. The van der Waals surface area contributed by atoms with E-state index in [0.29, 0.717) is 18.3 Å². The Kier molecular flexibility index (Phi) is 5.79. The van der Waals surface area contributed by atoms with Gasteiger partial charge in [-0.25, -0.2) is 15.4 Å². The number of hydrogen-bond donors (Lipinski definition) is 3. The fraction of sp³-hybridized carbons (Fsp3) is 0.185. The molecule has 1 aliphatic carbocycles. The van der Waals surface area contributed by atoms with Crippen molar-refractivity contribution >= 4 is 28.7 Å². The van der Waals surface area contributed by atoms with Gasteiger partial charge in [0.05, 0.1) is 6.04 Å². The Labute approximate surface area is 217 Å². The molecule has 0 spiro atoms. The molecule has 3 N–H and O–H groups in total. The molecule has 2 aromatic carbocycles. The number of nitrogens with one attached hydrogen (secondary N) is 3. The maximum absolute atomic E-state index is 13.0. The molecule has 0 unspecified atom stereocenters. The minimum atomic E-state index is -0.396. The number of hydrogen-bond acceptors (Lipinski definition) is 8. The highest BCUT2D eigenvalue weighted by Crippen LogP contribution is 2.32. The third kappa shape index (κ3) is 4.45. The Morgan fingerprint density at radius 3 is 2.79 bits per heavy atom. The van der Waals surface area contributed by atoms with Crippen LogP contribution in [0.15, 0.2) is 77.1 Å². The van der Waals surface area contributed by atoms with Crippen LogP contribution in [0.5, 0.6) is 0 Å². The van der Waals surface area contributed by atoms with Gasteiger partial charge in [-0.05, 0) is 48.2 Å². The lowest BCUT2D eigenvalue weighted by atomic mass is 10.0. The van der Waals surface area contributed by atoms with Crippen LogP contribution < -0.4 is 20.7 Å². The lowest BCUT2D eigenvalue weighted by Crippen LogP contribution is -2.29. The van der Waals surface area contributed by atoms with Crippen molar-refractivity contribution in [1.82, 2.24) is 26.1 Å². The number of hydroxylamine groups is 1. The second-order valence-electron chi connectivity index (χ2n) is 9.14. The average Bonchev–Trinajstić information content (AvgIpc) is 3.66. The smallest absolute Gasteiger partial charge is 0.335 e. The van der Waals surface area contributed by atoms with Crippen molar-refractivity contribution in [2.45, 2.75) is 25.4 Å². The summed E-state index contributed by atoms with van der Waals surface area (Å²) < 4.78 is 7.30. The van der Waals surface area contributed by atoms with Crippen LogP contribution in [-0.2, 0) is 24.9 Å². The van der Waals surface area contributed by atoms with Crippen molar-refractivity contribution in [3.63, 3.8) is 0 Å². The van der Waals surface area contributed by atoms with Crippen molar-refractivity contribution < 1.29 is 23.4 Å². The maximum Gasteiger partial charge on any atom is 0.335 e. The van der Waals surface area contributed by atoms with E-state index >= 15 is 0 Å². The molecule has 0 radical (unpaired) electrons. The molecule has 0 bridgehead atoms. The number of carbonyl (C=O) groups is 2. The average molecular weight is 511 g/mol. The zero-order chi connectivity index (χ0) is 26.2. The molecule has 0 saturated carbocycles. The molecule has 2 amide bonds. The topological polar surface area (TPSA) is 135 Å². The summed E-state index contributed by atoms with van der Waals surface area (Å²) in [7, 11) is 1.89. The molecule has 0 fully saturated rings. The number of aryl methyl sites for hydroxylation is 2. The number of amidine groups is 1. The van der Waals surface area contributed by atoms with Gasteiger partial charge in [-0.3, -0.25) is 9.59 Å². The van der Waals surface area contributed by atoms with Gasteiger partial charge in [-0.1, -0.05) is 18.2 Å². The highest BCUT2D eigenvalue weighted by Gasteiger charge is 2.26. The number of benzene rings is 2. The molecule has 3 heterocycles. The van der Waals surface area contributed by atoms with Crippen LogP contribution in [0.4, 0.5) is 0 Å². The Morgan fingerprint density at radius 1 is 1.13 bits per heavy atom. The predicted octanol–water partition coefficient (Wildman–Crippen LogP) is 2.15. The number of oxazole rings is 1. The van der Waals surface area contributed by atoms with E-state index in [1.807, 2.05) is 48.0 Å². The fourth-order valence-corrected chi connectivity index (χ4v) is 4.67. The predicted molar refractivity (Wildman–Crippen MR) is 135 cm³/mol. The number of rotatable bonds is 6. The first kappa shape index (κ1) is 23.3. The van der Waals surface area contributed by atoms with Crippen molar-refractivity contribution in [3.8, 4) is 0 Å². The van der Waals surface area contributed by atoms with Crippen LogP contribution in [0, 0.1) is 0 Å². The standard InChI is InChI=1S/C27H23N7O4/c1-15-31-25(33-38-15)18-4-6-19-17(10-18)5-7-20(19)32-27(36)22-11-21(29-13-30-22)26(35)28-12-16-3-8-24-23(9-16)34(2)14-37-24/h3-4,6,8-11,13-14,20H,1,5,7,12H2,2H3,(H2-,28,31,32,33,35,36)/p+1/t20-/m0/s1. The molecular formula is C27H24N7O4+. The third-order valence-corrected chi connectivity index (χ3v) is 6.63. The molecule has 190 valence electrons. The molecule has 0 saturated heterocycles. The monoisotopic (exact) mass is 510 g/mol. The van der Waals surface area contributed by atoms with E-state index in [1.165, 1.54) is 12.4 Å². The van der Waals surface area contributed by atoms with Gasteiger partial charge in [-0.15, -0.1) is 0 Å². The van der Waals surface area contributed by atoms with E-state index in [1.54, 1.807) is 6.39 Å². The van der Waals surface area contributed by atoms with Crippen molar-refractivity contribution in [2.24, 2.45) is 12.0 Å². The number of aliphatic imine (C=N–C) groups is 1. The van der Waals surface area contributed by atoms with Gasteiger partial charge in [0.2, 0.25) is 11.5 Å². The summed E-state index contributed by atoms with van der Waals surface area (Å²) >= 11 is 0. The van der Waals surface area contributed by atoms with Crippen LogP contribution in [0.3, 0.4) is 0 Å². The van der Waals surface area contributed by atoms with Gasteiger partial charge in [0.1, 0.15) is 24.8 Å². The largest absolute Gasteiger partial charge is 0.404 e. The van der Waals surface area contributed by atoms with Crippen molar-refractivity contribution in [3.05, 3.63) is 101 Å². The second kappa shape index (κ2) is 9.43. The van der Waals surface area contributed by atoms with Gasteiger partial charge in [0.15, 0.2) is 5.84 Å². The Balaban J connectivity index is 1.11. The normalized spacial score (nSPS) is 16.0. The van der Waals surface area contributed by atoms with E-state index in [0.717, 1.165) is 46.2 Å². The van der Waals surface area contributed by atoms with Crippen LogP contribution in [0.2, 0.25) is 0 Å². The highest BCUT2D eigenvalue weighted by atomic mass is 16.7. The quantitative estimate of drug-likeness (QED) is 0.338. The van der Waals surface area contributed by atoms with E-state index in [-0.39, 0.29) is 23.3 Å². The molecular weight excluding hydrogens is 486 g/mol. The molecule has 6 rings (SSSR count). The number of aromatic nitrogens is 3. The third-order valence-electron chi connectivity index (χ3n) is 6.63. The number of nitrogens with zero attached hydrogens (tertiary/aromatic N) is 4. The highest BCUT2D eigenvalue weighted by molar-refractivity contribution is 6.00. The number of carbonyl (C=O) groups excluding carboxylic acids is 2.